The first-order valence-electron chi connectivity index (χ1n) is 11.3. The van der Waals surface area contributed by atoms with E-state index in [1.807, 2.05) is 62.4 Å². The lowest BCUT2D eigenvalue weighted by molar-refractivity contribution is -0.137. The molecule has 4 rings (SSSR count). The number of rotatable bonds is 6. The molecule has 0 saturated heterocycles. The van der Waals surface area contributed by atoms with E-state index in [1.54, 1.807) is 24.3 Å². The fourth-order valence-corrected chi connectivity index (χ4v) is 4.03. The highest BCUT2D eigenvalue weighted by molar-refractivity contribution is 5.63. The van der Waals surface area contributed by atoms with Crippen molar-refractivity contribution in [3.05, 3.63) is 123 Å². The molecule has 0 aliphatic heterocycles. The molecule has 7 heteroatoms. The molecule has 0 bridgehead atoms. The van der Waals surface area contributed by atoms with Gasteiger partial charge in [0.15, 0.2) is 0 Å². The largest absolute Gasteiger partial charge is 0.489 e. The average molecular weight is 489 g/mol. The third-order valence-electron chi connectivity index (χ3n) is 5.94. The van der Waals surface area contributed by atoms with Gasteiger partial charge in [-0.1, -0.05) is 54.1 Å². The topological polar surface area (TPSA) is 55.0 Å². The zero-order valence-corrected chi connectivity index (χ0v) is 19.8. The third kappa shape index (κ3) is 5.33. The van der Waals surface area contributed by atoms with Crippen LogP contribution in [0.3, 0.4) is 0 Å². The Bertz CT molecular complexity index is 1480. The lowest BCUT2D eigenvalue weighted by Crippen LogP contribution is -2.29. The summed E-state index contributed by atoms with van der Waals surface area (Å²) < 4.78 is 48.4. The fourth-order valence-electron chi connectivity index (χ4n) is 4.03. The summed E-state index contributed by atoms with van der Waals surface area (Å²) in [6, 6.07) is 24.1. The van der Waals surface area contributed by atoms with Crippen LogP contribution in [0.4, 0.5) is 13.2 Å². The molecule has 0 radical (unpaired) electrons. The Balaban J connectivity index is 1.78. The van der Waals surface area contributed by atoms with E-state index >= 15 is 0 Å². The molecule has 1 heterocycles. The molecule has 0 amide bonds. The highest BCUT2D eigenvalue weighted by Gasteiger charge is 2.36. The monoisotopic (exact) mass is 488 g/mol. The number of benzene rings is 3. The quantitative estimate of drug-likeness (QED) is 0.305. The van der Waals surface area contributed by atoms with Crippen molar-refractivity contribution in [1.29, 1.82) is 5.26 Å². The maximum atomic E-state index is 13.8. The van der Waals surface area contributed by atoms with Gasteiger partial charge in [-0.25, -0.2) is 0 Å². The molecule has 0 aliphatic rings. The number of nitrogens with zero attached hydrogens (tertiary/aromatic N) is 2. The minimum Gasteiger partial charge on any atom is -0.489 e. The number of hydrogen-bond acceptors (Lipinski definition) is 3. The van der Waals surface area contributed by atoms with Crippen molar-refractivity contribution >= 4 is 0 Å². The van der Waals surface area contributed by atoms with E-state index in [4.69, 9.17) is 4.74 Å². The summed E-state index contributed by atoms with van der Waals surface area (Å²) >= 11 is 0. The van der Waals surface area contributed by atoms with E-state index in [1.165, 1.54) is 10.6 Å². The van der Waals surface area contributed by atoms with Crippen molar-refractivity contribution in [2.75, 3.05) is 0 Å². The van der Waals surface area contributed by atoms with Gasteiger partial charge in [-0.2, -0.15) is 18.4 Å². The van der Waals surface area contributed by atoms with Gasteiger partial charge in [-0.3, -0.25) is 4.79 Å². The number of hydrogen-bond donors (Lipinski definition) is 0. The molecule has 0 unspecified atom stereocenters. The molecule has 4 aromatic rings. The second kappa shape index (κ2) is 10.1. The first-order chi connectivity index (χ1) is 17.2. The predicted octanol–water partition coefficient (Wildman–Crippen LogP) is 6.65. The van der Waals surface area contributed by atoms with Crippen LogP contribution in [0.25, 0.3) is 11.3 Å². The van der Waals surface area contributed by atoms with Crippen molar-refractivity contribution < 1.29 is 17.9 Å². The molecule has 0 N–H and O–H groups in total. The van der Waals surface area contributed by atoms with Gasteiger partial charge in [0.2, 0.25) is 0 Å². The van der Waals surface area contributed by atoms with Crippen molar-refractivity contribution in [2.24, 2.45) is 0 Å². The summed E-state index contributed by atoms with van der Waals surface area (Å²) in [5, 5.41) is 9.42. The van der Waals surface area contributed by atoms with Gasteiger partial charge in [0.05, 0.1) is 17.8 Å². The summed E-state index contributed by atoms with van der Waals surface area (Å²) in [5.41, 5.74) is 1.01. The summed E-state index contributed by atoms with van der Waals surface area (Å²) in [4.78, 5) is 13.2. The predicted molar refractivity (Wildman–Crippen MR) is 132 cm³/mol. The smallest absolute Gasteiger partial charge is 0.417 e. The lowest BCUT2D eigenvalue weighted by Gasteiger charge is -2.19. The molecule has 0 atom stereocenters. The van der Waals surface area contributed by atoms with Crippen LogP contribution < -0.4 is 10.3 Å². The molecular weight excluding hydrogens is 465 g/mol. The number of pyridine rings is 1. The molecule has 0 saturated carbocycles. The molecule has 0 fully saturated rings. The van der Waals surface area contributed by atoms with Crippen LogP contribution in [-0.2, 0) is 19.3 Å². The molecule has 0 aliphatic carbocycles. The van der Waals surface area contributed by atoms with E-state index in [0.29, 0.717) is 17.9 Å². The van der Waals surface area contributed by atoms with Crippen molar-refractivity contribution in [3.63, 3.8) is 0 Å². The Morgan fingerprint density at radius 3 is 2.25 bits per heavy atom. The maximum Gasteiger partial charge on any atom is 0.417 e. The van der Waals surface area contributed by atoms with Gasteiger partial charge in [0.25, 0.3) is 5.56 Å². The molecule has 3 aromatic carbocycles. The second-order valence-corrected chi connectivity index (χ2v) is 8.55. The van der Waals surface area contributed by atoms with Gasteiger partial charge in [-0.15, -0.1) is 0 Å². The van der Waals surface area contributed by atoms with Crippen molar-refractivity contribution in [2.45, 2.75) is 33.2 Å². The van der Waals surface area contributed by atoms with E-state index in [2.05, 4.69) is 0 Å². The zero-order valence-electron chi connectivity index (χ0n) is 19.8. The fraction of sp³-hybridized carbons (Fsp3) is 0.172. The second-order valence-electron chi connectivity index (χ2n) is 8.55. The SMILES string of the molecule is Cc1ccc(Cn2c(-c3ccc(OCc4ccccc4)cc3)cc(C(F)(F)F)c(C#N)c2=O)c(C)c1. The van der Waals surface area contributed by atoms with Crippen LogP contribution in [0, 0.1) is 25.2 Å². The Labute approximate surface area is 206 Å². The maximum absolute atomic E-state index is 13.8. The van der Waals surface area contributed by atoms with Gasteiger partial charge >= 0.3 is 6.18 Å². The first-order valence-corrected chi connectivity index (χ1v) is 11.3. The van der Waals surface area contributed by atoms with Crippen molar-refractivity contribution in [3.8, 4) is 23.1 Å². The van der Waals surface area contributed by atoms with E-state index in [-0.39, 0.29) is 12.2 Å². The molecule has 0 spiro atoms. The molecule has 4 nitrogen and oxygen atoms in total. The van der Waals surface area contributed by atoms with Gasteiger partial charge < -0.3 is 9.30 Å². The van der Waals surface area contributed by atoms with Crippen LogP contribution in [0.15, 0.2) is 83.7 Å². The normalized spacial score (nSPS) is 11.2. The lowest BCUT2D eigenvalue weighted by atomic mass is 10.0. The Kier molecular flexibility index (Phi) is 6.98. The van der Waals surface area contributed by atoms with Crippen LogP contribution in [-0.4, -0.2) is 4.57 Å². The molecule has 36 heavy (non-hydrogen) atoms. The summed E-state index contributed by atoms with van der Waals surface area (Å²) in [5.74, 6) is 0.538. The minimum atomic E-state index is -4.85. The highest BCUT2D eigenvalue weighted by Crippen LogP contribution is 2.34. The Morgan fingerprint density at radius 1 is 0.944 bits per heavy atom. The van der Waals surface area contributed by atoms with E-state index in [0.717, 1.165) is 28.3 Å². The molecule has 182 valence electrons. The summed E-state index contributed by atoms with van der Waals surface area (Å²) in [6.07, 6.45) is -4.85. The first kappa shape index (κ1) is 24.8. The Morgan fingerprint density at radius 2 is 1.64 bits per heavy atom. The number of aromatic nitrogens is 1. The van der Waals surface area contributed by atoms with Gasteiger partial charge in [-0.05, 0) is 66.4 Å². The number of ether oxygens (including phenoxy) is 1. The van der Waals surface area contributed by atoms with Gasteiger partial charge in [0, 0.05) is 0 Å². The van der Waals surface area contributed by atoms with Crippen LogP contribution in [0.5, 0.6) is 5.75 Å². The number of nitriles is 1. The minimum absolute atomic E-state index is 0.0271. The number of aryl methyl sites for hydroxylation is 2. The standard InChI is InChI=1S/C29H23F3N2O2/c1-19-8-9-23(20(2)14-19)17-34-27(15-26(29(30,31)32)25(16-33)28(34)35)22-10-12-24(13-11-22)36-18-21-6-4-3-5-7-21/h3-15H,17-18H2,1-2H3. The van der Waals surface area contributed by atoms with Crippen LogP contribution in [0.2, 0.25) is 0 Å². The summed E-state index contributed by atoms with van der Waals surface area (Å²) in [7, 11) is 0. The Hall–Kier alpha value is -4.31. The zero-order chi connectivity index (χ0) is 25.9. The third-order valence-corrected chi connectivity index (χ3v) is 5.94. The molecule has 1 aromatic heterocycles. The van der Waals surface area contributed by atoms with Crippen LogP contribution in [0.1, 0.15) is 33.4 Å². The number of alkyl halides is 3. The molecular formula is C29H23F3N2O2. The highest BCUT2D eigenvalue weighted by atomic mass is 19.4. The summed E-state index contributed by atoms with van der Waals surface area (Å²) in [6.45, 7) is 4.18. The van der Waals surface area contributed by atoms with Crippen LogP contribution >= 0.6 is 0 Å². The van der Waals surface area contributed by atoms with Crippen molar-refractivity contribution in [1.82, 2.24) is 4.57 Å². The van der Waals surface area contributed by atoms with E-state index < -0.39 is 22.9 Å². The number of halogens is 3. The average Bonchev–Trinajstić information content (AvgIpc) is 2.85. The van der Waals surface area contributed by atoms with Gasteiger partial charge in [0.1, 0.15) is 24.0 Å². The van der Waals surface area contributed by atoms with E-state index in [9.17, 15) is 23.2 Å².